The quantitative estimate of drug-likeness (QED) is 0.525. The smallest absolute Gasteiger partial charge is 0.355 e. The monoisotopic (exact) mass is 478 g/mol. The Labute approximate surface area is 174 Å². The molecule has 0 radical (unpaired) electrons. The molecular formula is C14H15Cl3F2N4O4S. The number of rotatable bonds is 5. The van der Waals surface area contributed by atoms with E-state index in [4.69, 9.17) is 39.5 Å². The number of aryl methyl sites for hydroxylation is 1. The van der Waals surface area contributed by atoms with Crippen LogP contribution < -0.4 is 10.4 Å². The standard InChI is InChI=1S/C11H10Cl2F2N4O3S.C3H5ClO/c1-5-16-19(11(20)18(5)10(14)15)9-4-8(17-23(2,21)22)6(12)3-7(9)13;4-1-3-2-5-3/h3-4,10,17H,1-2H3;3H,1-2H2. The third-order valence-electron chi connectivity index (χ3n) is 3.31. The highest BCUT2D eigenvalue weighted by Crippen LogP contribution is 2.31. The molecule has 1 aliphatic heterocycles. The van der Waals surface area contributed by atoms with Crippen molar-refractivity contribution in [2.45, 2.75) is 19.6 Å². The second kappa shape index (κ2) is 8.95. The van der Waals surface area contributed by atoms with E-state index in [1.807, 2.05) is 0 Å². The van der Waals surface area contributed by atoms with E-state index in [1.165, 1.54) is 13.0 Å². The van der Waals surface area contributed by atoms with Gasteiger partial charge in [-0.05, 0) is 19.1 Å². The molecule has 0 spiro atoms. The molecule has 14 heteroatoms. The number of anilines is 1. The maximum absolute atomic E-state index is 12.8. The van der Waals surface area contributed by atoms with Crippen LogP contribution in [0, 0.1) is 6.92 Å². The molecule has 3 rings (SSSR count). The first-order valence-corrected chi connectivity index (χ1v) is 10.7. The summed E-state index contributed by atoms with van der Waals surface area (Å²) < 4.78 is 56.0. The highest BCUT2D eigenvalue weighted by Gasteiger charge is 2.21. The molecule has 0 amide bonds. The van der Waals surface area contributed by atoms with Gasteiger partial charge in [0.15, 0.2) is 0 Å². The van der Waals surface area contributed by atoms with Gasteiger partial charge in [0, 0.05) is 0 Å². The van der Waals surface area contributed by atoms with Crippen LogP contribution in [0.25, 0.3) is 5.69 Å². The highest BCUT2D eigenvalue weighted by molar-refractivity contribution is 7.92. The molecule has 1 atom stereocenters. The number of epoxide rings is 1. The van der Waals surface area contributed by atoms with Crippen LogP contribution in [0.15, 0.2) is 16.9 Å². The first kappa shape index (κ1) is 22.9. The maximum Gasteiger partial charge on any atom is 0.355 e. The summed E-state index contributed by atoms with van der Waals surface area (Å²) in [6, 6.07) is 2.31. The average Bonchev–Trinajstić information content (AvgIpc) is 3.34. The third kappa shape index (κ3) is 5.80. The van der Waals surface area contributed by atoms with Gasteiger partial charge in [-0.15, -0.1) is 16.7 Å². The third-order valence-corrected chi connectivity index (χ3v) is 4.86. The van der Waals surface area contributed by atoms with E-state index >= 15 is 0 Å². The van der Waals surface area contributed by atoms with Crippen LogP contribution in [0.2, 0.25) is 10.0 Å². The molecule has 156 valence electrons. The fourth-order valence-corrected chi connectivity index (χ4v) is 3.31. The molecule has 1 unspecified atom stereocenters. The second-order valence-corrected chi connectivity index (χ2v) is 8.53. The van der Waals surface area contributed by atoms with Crippen LogP contribution in [0.3, 0.4) is 0 Å². The van der Waals surface area contributed by atoms with E-state index in [0.29, 0.717) is 16.7 Å². The largest absolute Gasteiger partial charge is 0.372 e. The number of sulfonamides is 1. The Morgan fingerprint density at radius 3 is 2.36 bits per heavy atom. The van der Waals surface area contributed by atoms with Crippen molar-refractivity contribution in [2.24, 2.45) is 0 Å². The number of nitrogens with zero attached hydrogens (tertiary/aromatic N) is 3. The van der Waals surface area contributed by atoms with Gasteiger partial charge in [0.25, 0.3) is 0 Å². The van der Waals surface area contributed by atoms with E-state index in [-0.39, 0.29) is 31.8 Å². The van der Waals surface area contributed by atoms with Gasteiger partial charge in [0.2, 0.25) is 10.0 Å². The van der Waals surface area contributed by atoms with Crippen LogP contribution >= 0.6 is 34.8 Å². The number of aromatic nitrogens is 3. The summed E-state index contributed by atoms with van der Waals surface area (Å²) in [4.78, 5) is 12.0. The lowest BCUT2D eigenvalue weighted by Crippen LogP contribution is -2.25. The van der Waals surface area contributed by atoms with Crippen molar-refractivity contribution in [1.82, 2.24) is 14.3 Å². The zero-order chi connectivity index (χ0) is 21.2. The van der Waals surface area contributed by atoms with Crippen molar-refractivity contribution in [1.29, 1.82) is 0 Å². The minimum absolute atomic E-state index is 0.0257. The summed E-state index contributed by atoms with van der Waals surface area (Å²) in [6.07, 6.45) is 1.30. The van der Waals surface area contributed by atoms with Crippen LogP contribution in [0.1, 0.15) is 12.4 Å². The fraction of sp³-hybridized carbons (Fsp3) is 0.429. The Bertz CT molecular complexity index is 1020. The number of benzene rings is 1. The van der Waals surface area contributed by atoms with Crippen molar-refractivity contribution in [3.8, 4) is 5.69 Å². The molecule has 0 bridgehead atoms. The lowest BCUT2D eigenvalue weighted by atomic mass is 10.3. The summed E-state index contributed by atoms with van der Waals surface area (Å²) in [6.45, 7) is -0.969. The Morgan fingerprint density at radius 1 is 1.36 bits per heavy atom. The molecular weight excluding hydrogens is 465 g/mol. The number of halogens is 5. The van der Waals surface area contributed by atoms with Gasteiger partial charge in [0.1, 0.15) is 5.82 Å². The van der Waals surface area contributed by atoms with Crippen LogP contribution in [0.5, 0.6) is 0 Å². The lowest BCUT2D eigenvalue weighted by Gasteiger charge is -2.10. The van der Waals surface area contributed by atoms with Crippen molar-refractivity contribution < 1.29 is 21.9 Å². The summed E-state index contributed by atoms with van der Waals surface area (Å²) >= 11 is 17.1. The molecule has 1 saturated heterocycles. The summed E-state index contributed by atoms with van der Waals surface area (Å²) in [7, 11) is -3.65. The zero-order valence-electron chi connectivity index (χ0n) is 14.5. The first-order chi connectivity index (χ1) is 12.9. The SMILES string of the molecule is Cc1nn(-c2cc(NS(C)(=O)=O)c(Cl)cc2Cl)c(=O)n1C(F)F.ClCC1CO1. The molecule has 1 aromatic heterocycles. The Balaban J connectivity index is 0.000000485. The highest BCUT2D eigenvalue weighted by atomic mass is 35.5. The first-order valence-electron chi connectivity index (χ1n) is 7.55. The normalized spacial score (nSPS) is 15.9. The zero-order valence-corrected chi connectivity index (χ0v) is 17.6. The van der Waals surface area contributed by atoms with Crippen molar-refractivity contribution >= 4 is 50.5 Å². The molecule has 0 saturated carbocycles. The summed E-state index contributed by atoms with van der Waals surface area (Å²) in [5.41, 5.74) is -1.27. The van der Waals surface area contributed by atoms with Gasteiger partial charge in [0.05, 0.1) is 46.3 Å². The van der Waals surface area contributed by atoms with Crippen LogP contribution in [-0.2, 0) is 14.8 Å². The number of hydrogen-bond acceptors (Lipinski definition) is 5. The van der Waals surface area contributed by atoms with E-state index in [2.05, 4.69) is 9.82 Å². The van der Waals surface area contributed by atoms with Crippen LogP contribution in [0.4, 0.5) is 14.5 Å². The number of alkyl halides is 3. The number of ether oxygens (including phenoxy) is 1. The van der Waals surface area contributed by atoms with Gasteiger partial charge in [-0.25, -0.2) is 17.8 Å². The topological polar surface area (TPSA) is 98.5 Å². The van der Waals surface area contributed by atoms with Gasteiger partial charge in [-0.3, -0.25) is 4.72 Å². The van der Waals surface area contributed by atoms with Gasteiger partial charge in [-0.2, -0.15) is 13.5 Å². The van der Waals surface area contributed by atoms with Crippen molar-refractivity contribution in [3.63, 3.8) is 0 Å². The predicted molar refractivity (Wildman–Crippen MR) is 103 cm³/mol. The van der Waals surface area contributed by atoms with Gasteiger partial charge < -0.3 is 4.74 Å². The van der Waals surface area contributed by atoms with Crippen molar-refractivity contribution in [2.75, 3.05) is 23.5 Å². The minimum Gasteiger partial charge on any atom is -0.372 e. The molecule has 1 fully saturated rings. The minimum atomic E-state index is -3.65. The fourth-order valence-electron chi connectivity index (χ4n) is 1.99. The molecule has 1 aromatic carbocycles. The molecule has 8 nitrogen and oxygen atoms in total. The Kier molecular flexibility index (Phi) is 7.32. The summed E-state index contributed by atoms with van der Waals surface area (Å²) in [5.74, 6) is 0.439. The van der Waals surface area contributed by atoms with E-state index in [9.17, 15) is 22.0 Å². The van der Waals surface area contributed by atoms with E-state index in [0.717, 1.165) is 18.9 Å². The van der Waals surface area contributed by atoms with E-state index < -0.39 is 22.3 Å². The Hall–Kier alpha value is -1.40. The Morgan fingerprint density at radius 2 is 1.96 bits per heavy atom. The number of hydrogen-bond donors (Lipinski definition) is 1. The molecule has 2 aromatic rings. The molecule has 28 heavy (non-hydrogen) atoms. The number of nitrogens with one attached hydrogen (secondary N) is 1. The predicted octanol–water partition coefficient (Wildman–Crippen LogP) is 3.04. The molecule has 2 heterocycles. The average molecular weight is 480 g/mol. The second-order valence-electron chi connectivity index (χ2n) is 5.66. The van der Waals surface area contributed by atoms with Crippen molar-refractivity contribution in [3.05, 3.63) is 38.5 Å². The van der Waals surface area contributed by atoms with E-state index in [1.54, 1.807) is 0 Å². The maximum atomic E-state index is 12.8. The molecule has 0 aliphatic carbocycles. The summed E-state index contributed by atoms with van der Waals surface area (Å²) in [5, 5.41) is 3.63. The van der Waals surface area contributed by atoms with Gasteiger partial charge in [-0.1, -0.05) is 23.2 Å². The lowest BCUT2D eigenvalue weighted by molar-refractivity contribution is 0.0640. The van der Waals surface area contributed by atoms with Gasteiger partial charge >= 0.3 is 12.2 Å². The molecule has 1 N–H and O–H groups in total. The van der Waals surface area contributed by atoms with Crippen LogP contribution in [-0.4, -0.2) is 47.6 Å². The molecule has 1 aliphatic rings.